The van der Waals surface area contributed by atoms with Crippen molar-refractivity contribution in [2.75, 3.05) is 13.2 Å². The molecule has 1 aliphatic rings. The number of furan rings is 1. The first kappa shape index (κ1) is 11.5. The van der Waals surface area contributed by atoms with Crippen LogP contribution in [0, 0.1) is 6.92 Å². The molecule has 0 bridgehead atoms. The molecule has 3 rings (SSSR count). The van der Waals surface area contributed by atoms with Gasteiger partial charge >= 0.3 is 0 Å². The zero-order valence-corrected chi connectivity index (χ0v) is 10.7. The van der Waals surface area contributed by atoms with Crippen molar-refractivity contribution >= 4 is 11.6 Å². The minimum atomic E-state index is -0.311. The molecule has 94 valence electrons. The Bertz CT molecular complexity index is 562. The molecule has 1 aromatic heterocycles. The van der Waals surface area contributed by atoms with Gasteiger partial charge in [0.05, 0.1) is 0 Å². The predicted octanol–water partition coefficient (Wildman–Crippen LogP) is 3.69. The molecule has 1 unspecified atom stereocenters. The van der Waals surface area contributed by atoms with E-state index in [0.29, 0.717) is 13.2 Å². The standard InChI is InChI=1S/C14H13ClO3/c1-9-2-4-12(18-9)14(15)10-3-5-11-13(8-10)17-7-6-16-11/h2-5,8,14H,6-7H2,1H3. The molecule has 1 aliphatic heterocycles. The molecule has 18 heavy (non-hydrogen) atoms. The van der Waals surface area contributed by atoms with Gasteiger partial charge in [0, 0.05) is 0 Å². The first-order chi connectivity index (χ1) is 8.74. The molecule has 0 radical (unpaired) electrons. The van der Waals surface area contributed by atoms with Gasteiger partial charge in [-0.3, -0.25) is 0 Å². The normalized spacial score (nSPS) is 15.4. The Labute approximate surface area is 110 Å². The van der Waals surface area contributed by atoms with Crippen molar-refractivity contribution in [3.8, 4) is 11.5 Å². The van der Waals surface area contributed by atoms with Gasteiger partial charge in [-0.2, -0.15) is 0 Å². The Kier molecular flexibility index (Phi) is 2.92. The van der Waals surface area contributed by atoms with E-state index in [2.05, 4.69) is 0 Å². The number of benzene rings is 1. The minimum absolute atomic E-state index is 0.311. The van der Waals surface area contributed by atoms with Crippen LogP contribution in [0.2, 0.25) is 0 Å². The third kappa shape index (κ3) is 2.06. The highest BCUT2D eigenvalue weighted by atomic mass is 35.5. The average molecular weight is 265 g/mol. The van der Waals surface area contributed by atoms with E-state index in [-0.39, 0.29) is 5.38 Å². The number of hydrogen-bond acceptors (Lipinski definition) is 3. The van der Waals surface area contributed by atoms with Crippen molar-refractivity contribution in [1.82, 2.24) is 0 Å². The molecular weight excluding hydrogens is 252 g/mol. The van der Waals surface area contributed by atoms with Gasteiger partial charge < -0.3 is 13.9 Å². The molecule has 4 heteroatoms. The summed E-state index contributed by atoms with van der Waals surface area (Å²) in [5.41, 5.74) is 0.940. The fourth-order valence-corrected chi connectivity index (χ4v) is 2.22. The quantitative estimate of drug-likeness (QED) is 0.776. The molecule has 1 aromatic carbocycles. The van der Waals surface area contributed by atoms with Crippen molar-refractivity contribution in [1.29, 1.82) is 0 Å². The molecule has 2 heterocycles. The SMILES string of the molecule is Cc1ccc(C(Cl)c2ccc3c(c2)OCCO3)o1. The van der Waals surface area contributed by atoms with Gasteiger partial charge in [0.2, 0.25) is 0 Å². The van der Waals surface area contributed by atoms with E-state index >= 15 is 0 Å². The molecule has 0 aliphatic carbocycles. The third-order valence-corrected chi connectivity index (χ3v) is 3.34. The van der Waals surface area contributed by atoms with Gasteiger partial charge in [-0.25, -0.2) is 0 Å². The predicted molar refractivity (Wildman–Crippen MR) is 68.6 cm³/mol. The van der Waals surface area contributed by atoms with E-state index < -0.39 is 0 Å². The van der Waals surface area contributed by atoms with Crippen LogP contribution in [0.5, 0.6) is 11.5 Å². The lowest BCUT2D eigenvalue weighted by molar-refractivity contribution is 0.171. The lowest BCUT2D eigenvalue weighted by Gasteiger charge is -2.19. The minimum Gasteiger partial charge on any atom is -0.486 e. The maximum atomic E-state index is 6.40. The summed E-state index contributed by atoms with van der Waals surface area (Å²) >= 11 is 6.40. The summed E-state index contributed by atoms with van der Waals surface area (Å²) in [6, 6.07) is 9.52. The molecule has 2 aromatic rings. The molecular formula is C14H13ClO3. The molecule has 0 spiro atoms. The maximum absolute atomic E-state index is 6.40. The van der Waals surface area contributed by atoms with Crippen molar-refractivity contribution in [2.24, 2.45) is 0 Å². The second kappa shape index (κ2) is 4.58. The lowest BCUT2D eigenvalue weighted by Crippen LogP contribution is -2.15. The van der Waals surface area contributed by atoms with Crippen LogP contribution in [0.3, 0.4) is 0 Å². The average Bonchev–Trinajstić information content (AvgIpc) is 2.84. The second-order valence-electron chi connectivity index (χ2n) is 4.21. The summed E-state index contributed by atoms with van der Waals surface area (Å²) in [4.78, 5) is 0. The third-order valence-electron chi connectivity index (χ3n) is 2.87. The van der Waals surface area contributed by atoms with Gasteiger partial charge in [-0.1, -0.05) is 6.07 Å². The van der Waals surface area contributed by atoms with Gasteiger partial charge in [0.25, 0.3) is 0 Å². The van der Waals surface area contributed by atoms with Gasteiger partial charge in [0.15, 0.2) is 11.5 Å². The highest BCUT2D eigenvalue weighted by molar-refractivity contribution is 6.22. The fraction of sp³-hybridized carbons (Fsp3) is 0.286. The largest absolute Gasteiger partial charge is 0.486 e. The van der Waals surface area contributed by atoms with E-state index in [1.807, 2.05) is 37.3 Å². The van der Waals surface area contributed by atoms with Crippen molar-refractivity contribution in [3.63, 3.8) is 0 Å². The lowest BCUT2D eigenvalue weighted by atomic mass is 10.1. The molecule has 3 nitrogen and oxygen atoms in total. The van der Waals surface area contributed by atoms with Crippen molar-refractivity contribution in [2.45, 2.75) is 12.3 Å². The zero-order valence-electron chi connectivity index (χ0n) is 9.98. The molecule has 1 atom stereocenters. The van der Waals surface area contributed by atoms with Gasteiger partial charge in [0.1, 0.15) is 30.1 Å². The van der Waals surface area contributed by atoms with E-state index in [1.54, 1.807) is 0 Å². The van der Waals surface area contributed by atoms with Crippen molar-refractivity contribution in [3.05, 3.63) is 47.4 Å². The van der Waals surface area contributed by atoms with Crippen LogP contribution in [-0.2, 0) is 0 Å². The van der Waals surface area contributed by atoms with Crippen LogP contribution in [0.15, 0.2) is 34.7 Å². The van der Waals surface area contributed by atoms with E-state index in [1.165, 1.54) is 0 Å². The summed E-state index contributed by atoms with van der Waals surface area (Å²) in [7, 11) is 0. The monoisotopic (exact) mass is 264 g/mol. The number of alkyl halides is 1. The summed E-state index contributed by atoms with van der Waals surface area (Å²) < 4.78 is 16.6. The Balaban J connectivity index is 1.92. The van der Waals surface area contributed by atoms with Crippen LogP contribution in [0.25, 0.3) is 0 Å². The molecule has 0 N–H and O–H groups in total. The van der Waals surface area contributed by atoms with E-state index in [0.717, 1.165) is 28.6 Å². The number of halogens is 1. The Morgan fingerprint density at radius 3 is 2.56 bits per heavy atom. The maximum Gasteiger partial charge on any atom is 0.161 e. The highest BCUT2D eigenvalue weighted by Gasteiger charge is 2.18. The van der Waals surface area contributed by atoms with E-state index in [4.69, 9.17) is 25.5 Å². The first-order valence-corrected chi connectivity index (χ1v) is 6.27. The van der Waals surface area contributed by atoms with Crippen molar-refractivity contribution < 1.29 is 13.9 Å². The summed E-state index contributed by atoms with van der Waals surface area (Å²) in [6.45, 7) is 3.06. The van der Waals surface area contributed by atoms with Crippen LogP contribution in [0.1, 0.15) is 22.5 Å². The summed E-state index contributed by atoms with van der Waals surface area (Å²) in [6.07, 6.45) is 0. The fourth-order valence-electron chi connectivity index (χ4n) is 1.97. The Morgan fingerprint density at radius 1 is 1.06 bits per heavy atom. The molecule has 0 amide bonds. The number of rotatable bonds is 2. The summed E-state index contributed by atoms with van der Waals surface area (Å²) in [5.74, 6) is 3.11. The topological polar surface area (TPSA) is 31.6 Å². The van der Waals surface area contributed by atoms with Gasteiger partial charge in [-0.15, -0.1) is 11.6 Å². The Hall–Kier alpha value is -1.61. The summed E-state index contributed by atoms with van der Waals surface area (Å²) in [5, 5.41) is -0.311. The van der Waals surface area contributed by atoms with Gasteiger partial charge in [-0.05, 0) is 36.8 Å². The smallest absolute Gasteiger partial charge is 0.161 e. The molecule has 0 saturated heterocycles. The molecule has 0 fully saturated rings. The first-order valence-electron chi connectivity index (χ1n) is 5.84. The van der Waals surface area contributed by atoms with E-state index in [9.17, 15) is 0 Å². The zero-order chi connectivity index (χ0) is 12.5. The van der Waals surface area contributed by atoms with Crippen LogP contribution in [0.4, 0.5) is 0 Å². The number of fused-ring (bicyclic) bond motifs is 1. The molecule has 0 saturated carbocycles. The number of aryl methyl sites for hydroxylation is 1. The van der Waals surface area contributed by atoms with Crippen LogP contribution >= 0.6 is 11.6 Å². The second-order valence-corrected chi connectivity index (χ2v) is 4.65. The Morgan fingerprint density at radius 2 is 1.83 bits per heavy atom. The van der Waals surface area contributed by atoms with Crippen LogP contribution < -0.4 is 9.47 Å². The highest BCUT2D eigenvalue weighted by Crippen LogP contribution is 2.37. The number of ether oxygens (including phenoxy) is 2. The number of hydrogen-bond donors (Lipinski definition) is 0. The van der Waals surface area contributed by atoms with Crippen LogP contribution in [-0.4, -0.2) is 13.2 Å².